The second-order valence-corrected chi connectivity index (χ2v) is 9.16. The van der Waals surface area contributed by atoms with Crippen molar-refractivity contribution in [1.29, 1.82) is 0 Å². The molecule has 2 aliphatic heterocycles. The van der Waals surface area contributed by atoms with Crippen LogP contribution in [0.4, 0.5) is 0 Å². The predicted molar refractivity (Wildman–Crippen MR) is 131 cm³/mol. The van der Waals surface area contributed by atoms with Crippen LogP contribution in [0.1, 0.15) is 35.6 Å². The van der Waals surface area contributed by atoms with E-state index in [2.05, 4.69) is 48.9 Å². The molecule has 2 aromatic heterocycles. The maximum Gasteiger partial charge on any atom is 0.193 e. The van der Waals surface area contributed by atoms with Gasteiger partial charge < -0.3 is 10.2 Å². The van der Waals surface area contributed by atoms with Crippen molar-refractivity contribution in [3.63, 3.8) is 0 Å². The van der Waals surface area contributed by atoms with E-state index in [1.807, 2.05) is 36.3 Å². The molecular formula is C21H33IN6S. The summed E-state index contributed by atoms with van der Waals surface area (Å²) in [5.41, 5.74) is 1.34. The highest BCUT2D eigenvalue weighted by Crippen LogP contribution is 2.27. The van der Waals surface area contributed by atoms with E-state index in [0.717, 1.165) is 32.1 Å². The number of thiophene rings is 1. The highest BCUT2D eigenvalue weighted by molar-refractivity contribution is 14.0. The molecule has 160 valence electrons. The molecule has 0 radical (unpaired) electrons. The lowest BCUT2D eigenvalue weighted by Gasteiger charge is -2.33. The number of aryl methyl sites for hydroxylation is 1. The topological polar surface area (TPSA) is 48.7 Å². The lowest BCUT2D eigenvalue weighted by Crippen LogP contribution is -2.45. The Kier molecular flexibility index (Phi) is 8.37. The van der Waals surface area contributed by atoms with E-state index in [0.29, 0.717) is 11.8 Å². The van der Waals surface area contributed by atoms with Crippen LogP contribution in [0.5, 0.6) is 0 Å². The minimum atomic E-state index is 0. The molecule has 0 aromatic carbocycles. The number of rotatable bonds is 5. The van der Waals surface area contributed by atoms with Gasteiger partial charge in [-0.15, -0.1) is 35.3 Å². The van der Waals surface area contributed by atoms with Crippen molar-refractivity contribution in [1.82, 2.24) is 24.9 Å². The molecule has 0 amide bonds. The van der Waals surface area contributed by atoms with Gasteiger partial charge in [0, 0.05) is 63.8 Å². The molecule has 0 aliphatic carbocycles. The number of likely N-dealkylation sites (tertiary alicyclic amines) is 2. The Balaban J connectivity index is 0.00000240. The van der Waals surface area contributed by atoms with Gasteiger partial charge in [0.2, 0.25) is 0 Å². The number of hydrogen-bond donors (Lipinski definition) is 1. The second-order valence-electron chi connectivity index (χ2n) is 8.13. The third-order valence-corrected chi connectivity index (χ3v) is 6.87. The number of halogens is 1. The van der Waals surface area contributed by atoms with Gasteiger partial charge in [0.05, 0.1) is 6.20 Å². The van der Waals surface area contributed by atoms with Gasteiger partial charge in [0.1, 0.15) is 0 Å². The van der Waals surface area contributed by atoms with E-state index >= 15 is 0 Å². The third kappa shape index (κ3) is 5.95. The van der Waals surface area contributed by atoms with Crippen LogP contribution in [0.2, 0.25) is 0 Å². The van der Waals surface area contributed by atoms with Crippen LogP contribution >= 0.6 is 35.3 Å². The largest absolute Gasteiger partial charge is 0.356 e. The maximum atomic E-state index is 4.57. The van der Waals surface area contributed by atoms with E-state index < -0.39 is 0 Å². The molecule has 2 aromatic rings. The summed E-state index contributed by atoms with van der Waals surface area (Å²) in [5, 5.41) is 10.2. The molecule has 2 unspecified atom stereocenters. The van der Waals surface area contributed by atoms with Gasteiger partial charge in [0.25, 0.3) is 0 Å². The number of guanidine groups is 1. The van der Waals surface area contributed by atoms with Crippen molar-refractivity contribution < 1.29 is 0 Å². The van der Waals surface area contributed by atoms with Gasteiger partial charge in [-0.2, -0.15) is 5.10 Å². The highest BCUT2D eigenvalue weighted by atomic mass is 127. The van der Waals surface area contributed by atoms with Crippen LogP contribution in [0.25, 0.3) is 0 Å². The van der Waals surface area contributed by atoms with Gasteiger partial charge in [-0.25, -0.2) is 0 Å². The number of aromatic nitrogens is 2. The average Bonchev–Trinajstić information content (AvgIpc) is 3.45. The molecule has 0 saturated carbocycles. The second kappa shape index (κ2) is 10.8. The number of nitrogens with one attached hydrogen (secondary N) is 1. The number of piperidine rings is 1. The van der Waals surface area contributed by atoms with E-state index in [1.165, 1.54) is 42.8 Å². The Labute approximate surface area is 195 Å². The fourth-order valence-corrected chi connectivity index (χ4v) is 5.27. The van der Waals surface area contributed by atoms with Crippen LogP contribution in [-0.2, 0) is 13.6 Å². The van der Waals surface area contributed by atoms with E-state index in [9.17, 15) is 0 Å². The molecule has 2 saturated heterocycles. The first-order chi connectivity index (χ1) is 13.7. The standard InChI is InChI=1S/C21H32N6S.HI/c1-22-21(27-9-7-18(15-27)19-12-24-25(2)14-19)23-11-17-5-3-8-26(13-17)16-20-6-4-10-28-20;/h4,6,10,12,14,17-18H,3,5,7-9,11,13,15-16H2,1-2H3,(H,22,23);1H. The fraction of sp³-hybridized carbons (Fsp3) is 0.619. The van der Waals surface area contributed by atoms with Crippen LogP contribution in [0.3, 0.4) is 0 Å². The number of hydrogen-bond acceptors (Lipinski definition) is 4. The Bertz CT molecular complexity index is 774. The fourth-order valence-electron chi connectivity index (χ4n) is 4.53. The molecule has 0 spiro atoms. The van der Waals surface area contributed by atoms with E-state index in [1.54, 1.807) is 0 Å². The Hall–Kier alpha value is -1.13. The quantitative estimate of drug-likeness (QED) is 0.368. The van der Waals surface area contributed by atoms with E-state index in [4.69, 9.17) is 0 Å². The first kappa shape index (κ1) is 22.6. The molecule has 2 aliphatic rings. The molecule has 1 N–H and O–H groups in total. The van der Waals surface area contributed by atoms with Crippen LogP contribution in [0, 0.1) is 5.92 Å². The third-order valence-electron chi connectivity index (χ3n) is 6.01. The van der Waals surface area contributed by atoms with Crippen LogP contribution < -0.4 is 5.32 Å². The molecule has 29 heavy (non-hydrogen) atoms. The first-order valence-electron chi connectivity index (χ1n) is 10.4. The smallest absolute Gasteiger partial charge is 0.193 e. The van der Waals surface area contributed by atoms with Gasteiger partial charge in [-0.05, 0) is 48.7 Å². The number of aliphatic imine (C=N–C) groups is 1. The Morgan fingerprint density at radius 1 is 1.31 bits per heavy atom. The maximum absolute atomic E-state index is 4.57. The summed E-state index contributed by atoms with van der Waals surface area (Å²) in [6.07, 6.45) is 7.93. The summed E-state index contributed by atoms with van der Waals surface area (Å²) in [5.74, 6) is 2.31. The summed E-state index contributed by atoms with van der Waals surface area (Å²) in [4.78, 5) is 11.1. The zero-order valence-electron chi connectivity index (χ0n) is 17.5. The van der Waals surface area contributed by atoms with Crippen molar-refractivity contribution in [2.45, 2.75) is 31.7 Å². The Morgan fingerprint density at radius 3 is 2.93 bits per heavy atom. The Morgan fingerprint density at radius 2 is 2.21 bits per heavy atom. The molecule has 8 heteroatoms. The van der Waals surface area contributed by atoms with Crippen LogP contribution in [0.15, 0.2) is 34.9 Å². The summed E-state index contributed by atoms with van der Waals surface area (Å²) in [6.45, 7) is 6.61. The highest BCUT2D eigenvalue weighted by Gasteiger charge is 2.27. The van der Waals surface area contributed by atoms with Gasteiger partial charge in [-0.1, -0.05) is 6.07 Å². The number of nitrogens with zero attached hydrogens (tertiary/aromatic N) is 5. The SMILES string of the molecule is CN=C(NCC1CCCN(Cc2cccs2)C1)N1CCC(c2cnn(C)c2)C1.I. The average molecular weight is 529 g/mol. The zero-order chi connectivity index (χ0) is 19.3. The van der Waals surface area contributed by atoms with Gasteiger partial charge in [-0.3, -0.25) is 14.6 Å². The minimum absolute atomic E-state index is 0. The molecule has 0 bridgehead atoms. The molecule has 4 heterocycles. The van der Waals surface area contributed by atoms with Gasteiger partial charge >= 0.3 is 0 Å². The van der Waals surface area contributed by atoms with Crippen molar-refractivity contribution in [2.75, 3.05) is 39.8 Å². The van der Waals surface area contributed by atoms with Crippen molar-refractivity contribution in [3.05, 3.63) is 40.3 Å². The summed E-state index contributed by atoms with van der Waals surface area (Å²) >= 11 is 1.87. The lowest BCUT2D eigenvalue weighted by molar-refractivity contribution is 0.169. The van der Waals surface area contributed by atoms with Crippen molar-refractivity contribution >= 4 is 41.3 Å². The van der Waals surface area contributed by atoms with E-state index in [-0.39, 0.29) is 24.0 Å². The lowest BCUT2D eigenvalue weighted by atomic mass is 9.98. The minimum Gasteiger partial charge on any atom is -0.356 e. The molecule has 6 nitrogen and oxygen atoms in total. The van der Waals surface area contributed by atoms with Crippen LogP contribution in [-0.4, -0.2) is 65.3 Å². The molecule has 2 atom stereocenters. The van der Waals surface area contributed by atoms with Gasteiger partial charge in [0.15, 0.2) is 5.96 Å². The normalized spacial score (nSPS) is 23.2. The van der Waals surface area contributed by atoms with Crippen molar-refractivity contribution in [3.8, 4) is 0 Å². The molecule has 2 fully saturated rings. The molecular weight excluding hydrogens is 495 g/mol. The molecule has 4 rings (SSSR count). The summed E-state index contributed by atoms with van der Waals surface area (Å²) in [7, 11) is 3.90. The summed E-state index contributed by atoms with van der Waals surface area (Å²) in [6, 6.07) is 4.40. The monoisotopic (exact) mass is 528 g/mol. The first-order valence-corrected chi connectivity index (χ1v) is 11.3. The van der Waals surface area contributed by atoms with Crippen molar-refractivity contribution in [2.24, 2.45) is 18.0 Å². The summed E-state index contributed by atoms with van der Waals surface area (Å²) < 4.78 is 1.90. The zero-order valence-corrected chi connectivity index (χ0v) is 20.6. The predicted octanol–water partition coefficient (Wildman–Crippen LogP) is 3.38.